The normalized spacial score (nSPS) is 20.5. The number of aromatic nitrogens is 2. The van der Waals surface area contributed by atoms with Crippen molar-refractivity contribution in [2.75, 3.05) is 61.3 Å². The number of carbonyl (C=O) groups excluding carboxylic acids is 3. The molecule has 1 aromatic heterocycles. The van der Waals surface area contributed by atoms with Crippen molar-refractivity contribution in [2.45, 2.75) is 76.5 Å². The molecule has 3 aromatic carbocycles. The maximum Gasteiger partial charge on any atom is 0.249 e. The van der Waals surface area contributed by atoms with Gasteiger partial charge in [-0.1, -0.05) is 55.5 Å². The fraction of sp³-hybridized carbons (Fsp3) is 0.444. The van der Waals surface area contributed by atoms with Gasteiger partial charge in [-0.15, -0.1) is 0 Å². The number of imide groups is 1. The fourth-order valence-corrected chi connectivity index (χ4v) is 8.39. The van der Waals surface area contributed by atoms with Crippen molar-refractivity contribution in [1.82, 2.24) is 25.1 Å². The van der Waals surface area contributed by atoms with Gasteiger partial charge in [0.25, 0.3) is 0 Å². The Bertz CT molecular complexity index is 2070. The maximum absolute atomic E-state index is 15.2. The van der Waals surface area contributed by atoms with Crippen molar-refractivity contribution < 1.29 is 28.3 Å². The molecule has 3 heterocycles. The molecule has 2 saturated heterocycles. The van der Waals surface area contributed by atoms with Crippen LogP contribution in [0.1, 0.15) is 58.3 Å². The molecular formula is C45H54F2N8O4. The van der Waals surface area contributed by atoms with Crippen LogP contribution in [0.15, 0.2) is 79.0 Å². The van der Waals surface area contributed by atoms with E-state index in [9.17, 15) is 23.9 Å². The minimum absolute atomic E-state index is 0.0628. The zero-order valence-corrected chi connectivity index (χ0v) is 33.6. The highest BCUT2D eigenvalue weighted by atomic mass is 19.1. The highest BCUT2D eigenvalue weighted by Gasteiger charge is 2.31. The van der Waals surface area contributed by atoms with E-state index >= 15 is 4.39 Å². The van der Waals surface area contributed by atoms with Crippen LogP contribution in [0.3, 0.4) is 0 Å². The van der Waals surface area contributed by atoms with Crippen LogP contribution in [0.2, 0.25) is 0 Å². The third-order valence-corrected chi connectivity index (χ3v) is 11.6. The van der Waals surface area contributed by atoms with E-state index in [1.165, 1.54) is 12.3 Å². The molecule has 3 fully saturated rings. The first-order chi connectivity index (χ1) is 28.6. The van der Waals surface area contributed by atoms with E-state index in [-0.39, 0.29) is 35.9 Å². The lowest BCUT2D eigenvalue weighted by molar-refractivity contribution is -0.137. The molecule has 312 valence electrons. The zero-order valence-electron chi connectivity index (χ0n) is 33.6. The second-order valence-corrected chi connectivity index (χ2v) is 15.9. The molecule has 1 saturated carbocycles. The summed E-state index contributed by atoms with van der Waals surface area (Å²) in [6.07, 6.45) is 5.46. The van der Waals surface area contributed by atoms with Gasteiger partial charge in [0.2, 0.25) is 23.7 Å². The van der Waals surface area contributed by atoms with Crippen molar-refractivity contribution in [1.29, 1.82) is 0 Å². The molecule has 0 spiro atoms. The summed E-state index contributed by atoms with van der Waals surface area (Å²) in [5.41, 5.74) is 3.89. The van der Waals surface area contributed by atoms with Gasteiger partial charge in [0.15, 0.2) is 5.82 Å². The predicted molar refractivity (Wildman–Crippen MR) is 225 cm³/mol. The predicted octanol–water partition coefficient (Wildman–Crippen LogP) is 6.09. The van der Waals surface area contributed by atoms with Crippen LogP contribution in [-0.2, 0) is 14.4 Å². The van der Waals surface area contributed by atoms with Gasteiger partial charge in [0, 0.05) is 75.4 Å². The number of halogens is 2. The van der Waals surface area contributed by atoms with E-state index in [1.54, 1.807) is 12.1 Å². The molecule has 4 N–H and O–H groups in total. The van der Waals surface area contributed by atoms with Crippen LogP contribution in [-0.4, -0.2) is 107 Å². The van der Waals surface area contributed by atoms with Gasteiger partial charge in [-0.3, -0.25) is 24.6 Å². The molecule has 0 radical (unpaired) electrons. The topological polar surface area (TPSA) is 143 Å². The van der Waals surface area contributed by atoms with E-state index in [0.29, 0.717) is 81.5 Å². The highest BCUT2D eigenvalue weighted by molar-refractivity contribution is 6.01. The van der Waals surface area contributed by atoms with Crippen LogP contribution in [0.4, 0.5) is 26.1 Å². The number of nitrogens with zero attached hydrogens (tertiary/aromatic N) is 5. The number of carbonyl (C=O) groups is 3. The van der Waals surface area contributed by atoms with Gasteiger partial charge in [-0.25, -0.2) is 18.7 Å². The van der Waals surface area contributed by atoms with E-state index in [1.807, 2.05) is 64.4 Å². The first kappa shape index (κ1) is 41.7. The van der Waals surface area contributed by atoms with E-state index < -0.39 is 29.7 Å². The molecule has 2 aliphatic heterocycles. The largest absolute Gasteiger partial charge is 0.392 e. The number of aliphatic hydroxyl groups excluding tert-OH is 1. The molecule has 3 aliphatic rings. The van der Waals surface area contributed by atoms with E-state index in [0.717, 1.165) is 43.2 Å². The van der Waals surface area contributed by atoms with Crippen molar-refractivity contribution in [3.8, 4) is 22.4 Å². The van der Waals surface area contributed by atoms with E-state index in [4.69, 9.17) is 0 Å². The number of piperazine rings is 1. The third kappa shape index (κ3) is 10.8. The van der Waals surface area contributed by atoms with Crippen molar-refractivity contribution in [2.24, 2.45) is 5.92 Å². The van der Waals surface area contributed by atoms with Gasteiger partial charge >= 0.3 is 0 Å². The Morgan fingerprint density at radius 3 is 2.36 bits per heavy atom. The van der Waals surface area contributed by atoms with E-state index in [2.05, 4.69) is 37.7 Å². The van der Waals surface area contributed by atoms with Crippen molar-refractivity contribution >= 4 is 35.0 Å². The summed E-state index contributed by atoms with van der Waals surface area (Å²) in [5, 5.41) is 19.8. The number of β-amino-alcohol motifs (C(OH)–C–C–N with tert-alkyl or cyclic N) is 1. The Kier molecular flexibility index (Phi) is 13.8. The molecule has 2 unspecified atom stereocenters. The molecule has 2 atom stereocenters. The SMILES string of the molecule is CCCN(CCC(O)CN1CCN(c2ccc(NC3CCC(=O)NC3=O)cc2F)CC1)C(=O)C1CCC(Nc2ncc(F)c(-c3cccc(-c4ccccc4)c3)n2)CC1. The lowest BCUT2D eigenvalue weighted by Crippen LogP contribution is -2.49. The molecule has 14 heteroatoms. The summed E-state index contributed by atoms with van der Waals surface area (Å²) in [5.74, 6) is -1.18. The third-order valence-electron chi connectivity index (χ3n) is 11.6. The average molecular weight is 809 g/mol. The Balaban J connectivity index is 0.844. The number of hydrogen-bond acceptors (Lipinski definition) is 10. The summed E-state index contributed by atoms with van der Waals surface area (Å²) < 4.78 is 30.2. The second-order valence-electron chi connectivity index (χ2n) is 15.9. The molecule has 7 rings (SSSR count). The van der Waals surface area contributed by atoms with Crippen LogP contribution in [0.25, 0.3) is 22.4 Å². The van der Waals surface area contributed by atoms with Gasteiger partial charge in [0.1, 0.15) is 17.6 Å². The van der Waals surface area contributed by atoms with Crippen molar-refractivity contribution in [3.05, 3.63) is 90.6 Å². The first-order valence-corrected chi connectivity index (χ1v) is 20.9. The lowest BCUT2D eigenvalue weighted by atomic mass is 9.85. The number of amides is 3. The van der Waals surface area contributed by atoms with Crippen LogP contribution in [0.5, 0.6) is 0 Å². The molecular weight excluding hydrogens is 755 g/mol. The molecule has 12 nitrogen and oxygen atoms in total. The Labute approximate surface area is 344 Å². The van der Waals surface area contributed by atoms with Gasteiger partial charge < -0.3 is 25.5 Å². The number of anilines is 3. The molecule has 59 heavy (non-hydrogen) atoms. The second kappa shape index (κ2) is 19.5. The van der Waals surface area contributed by atoms with Crippen molar-refractivity contribution in [3.63, 3.8) is 0 Å². The Morgan fingerprint density at radius 2 is 1.63 bits per heavy atom. The maximum atomic E-state index is 15.2. The quantitative estimate of drug-likeness (QED) is 0.104. The highest BCUT2D eigenvalue weighted by Crippen LogP contribution is 2.31. The number of piperidine rings is 1. The average Bonchev–Trinajstić information content (AvgIpc) is 3.25. The number of rotatable bonds is 15. The smallest absolute Gasteiger partial charge is 0.249 e. The first-order valence-electron chi connectivity index (χ1n) is 20.9. The van der Waals surface area contributed by atoms with Crippen LogP contribution < -0.4 is 20.9 Å². The fourth-order valence-electron chi connectivity index (χ4n) is 8.39. The molecule has 3 amide bonds. The lowest BCUT2D eigenvalue weighted by Gasteiger charge is -2.37. The Hall–Kier alpha value is -5.47. The standard InChI is InChI=1S/C45H54F2N8O4/c1-2-20-55(21-19-36(56)29-53-22-24-54(25-23-53)40-17-15-35(27-37(40)46)49-39-16-18-41(57)51-43(39)58)44(59)31-11-13-34(14-12-31)50-45-48-28-38(47)42(52-45)33-10-6-9-32(26-33)30-7-4-3-5-8-30/h3-10,15,17,26-28,31,34,36,39,49,56H,2,11-14,16,18-25,29H2,1H3,(H,48,50,52)(H,51,57,58). The minimum Gasteiger partial charge on any atom is -0.392 e. The minimum atomic E-state index is -0.607. The number of benzene rings is 3. The van der Waals surface area contributed by atoms with Crippen LogP contribution in [0, 0.1) is 17.6 Å². The van der Waals surface area contributed by atoms with Crippen LogP contribution >= 0.6 is 0 Å². The van der Waals surface area contributed by atoms with Gasteiger partial charge in [0.05, 0.1) is 18.0 Å². The van der Waals surface area contributed by atoms with Gasteiger partial charge in [-0.2, -0.15) is 0 Å². The number of aliphatic hydroxyl groups is 1. The monoisotopic (exact) mass is 808 g/mol. The van der Waals surface area contributed by atoms with Gasteiger partial charge in [-0.05, 0) is 80.3 Å². The summed E-state index contributed by atoms with van der Waals surface area (Å²) in [7, 11) is 0. The zero-order chi connectivity index (χ0) is 41.3. The summed E-state index contributed by atoms with van der Waals surface area (Å²) in [6.45, 7) is 6.15. The Morgan fingerprint density at radius 1 is 0.881 bits per heavy atom. The summed E-state index contributed by atoms with van der Waals surface area (Å²) in [4.78, 5) is 52.1. The molecule has 4 aromatic rings. The summed E-state index contributed by atoms with van der Waals surface area (Å²) >= 11 is 0. The number of hydrogen-bond donors (Lipinski definition) is 4. The molecule has 0 bridgehead atoms. The number of nitrogens with one attached hydrogen (secondary N) is 3. The molecule has 1 aliphatic carbocycles. The summed E-state index contributed by atoms with van der Waals surface area (Å²) in [6, 6.07) is 21.9.